The zero-order valence-electron chi connectivity index (χ0n) is 15.9. The van der Waals surface area contributed by atoms with E-state index in [1.54, 1.807) is 24.5 Å². The van der Waals surface area contributed by atoms with E-state index >= 15 is 0 Å². The lowest BCUT2D eigenvalue weighted by Crippen LogP contribution is -2.85. The average Bonchev–Trinajstić information content (AvgIpc) is 3.30. The molecule has 0 atom stereocenters. The number of aromatic amines is 1. The van der Waals surface area contributed by atoms with Gasteiger partial charge >= 0.3 is 5.97 Å². The van der Waals surface area contributed by atoms with Crippen molar-refractivity contribution in [2.24, 2.45) is 0 Å². The van der Waals surface area contributed by atoms with Crippen LogP contribution in [0.3, 0.4) is 0 Å². The first-order chi connectivity index (χ1) is 14.1. The predicted octanol–water partition coefficient (Wildman–Crippen LogP) is 2.49. The molecule has 7 heteroatoms. The number of pyridine rings is 1. The van der Waals surface area contributed by atoms with Gasteiger partial charge < -0.3 is 20.7 Å². The summed E-state index contributed by atoms with van der Waals surface area (Å²) >= 11 is 0. The van der Waals surface area contributed by atoms with Crippen molar-refractivity contribution in [1.82, 2.24) is 9.97 Å². The van der Waals surface area contributed by atoms with E-state index in [-0.39, 0.29) is 11.5 Å². The molecule has 3 aromatic rings. The first-order valence-electron chi connectivity index (χ1n) is 9.78. The maximum Gasteiger partial charge on any atom is 0.335 e. The van der Waals surface area contributed by atoms with Crippen molar-refractivity contribution in [2.75, 3.05) is 18.4 Å². The number of nitrogens with one attached hydrogen (secondary N) is 2. The molecule has 0 unspecified atom stereocenters. The summed E-state index contributed by atoms with van der Waals surface area (Å²) in [7, 11) is 0. The van der Waals surface area contributed by atoms with E-state index in [2.05, 4.69) is 20.6 Å². The number of quaternary nitrogens is 1. The highest BCUT2D eigenvalue weighted by Gasteiger charge is 2.25. The Balaban J connectivity index is 0.000000294. The fourth-order valence-corrected chi connectivity index (χ4v) is 3.61. The van der Waals surface area contributed by atoms with Gasteiger partial charge in [0, 0.05) is 40.2 Å². The number of carboxylic acid groups (broad SMARTS) is 1. The fraction of sp³-hybridized carbons (Fsp3) is 0.227. The molecule has 1 fully saturated rings. The number of piperidine rings is 1. The van der Waals surface area contributed by atoms with E-state index in [9.17, 15) is 9.59 Å². The number of anilines is 1. The number of aromatic nitrogens is 2. The number of aromatic carboxylic acids is 1. The smallest absolute Gasteiger partial charge is 0.335 e. The van der Waals surface area contributed by atoms with Gasteiger partial charge in [0.05, 0.1) is 18.7 Å². The lowest BCUT2D eigenvalue weighted by atomic mass is 10.0. The van der Waals surface area contributed by atoms with E-state index < -0.39 is 5.97 Å². The van der Waals surface area contributed by atoms with Crippen LogP contribution in [0, 0.1) is 0 Å². The Hall–Kier alpha value is -3.45. The Morgan fingerprint density at radius 2 is 2.00 bits per heavy atom. The highest BCUT2D eigenvalue weighted by atomic mass is 16.4. The molecule has 0 aliphatic carbocycles. The standard InChI is InChI=1S/C17H11N3O3.C5H11N/c21-16-13(7-10-8-19-15-11(10)2-1-5-18-15)12-6-9(17(22)23)3-4-14(12)20-16;1-2-4-6-5-3-1/h1-8H,(H,18,19)(H,20,21)(H,22,23);6H,1-5H2/p+1. The van der Waals surface area contributed by atoms with Crippen LogP contribution in [0.25, 0.3) is 22.7 Å². The monoisotopic (exact) mass is 391 g/mol. The van der Waals surface area contributed by atoms with E-state index in [0.717, 1.165) is 16.6 Å². The highest BCUT2D eigenvalue weighted by molar-refractivity contribution is 6.35. The number of amides is 1. The Bertz CT molecular complexity index is 1080. The molecular formula is C22H23N4O3+. The van der Waals surface area contributed by atoms with Crippen LogP contribution in [0.2, 0.25) is 0 Å². The van der Waals surface area contributed by atoms with Crippen molar-refractivity contribution in [1.29, 1.82) is 0 Å². The summed E-state index contributed by atoms with van der Waals surface area (Å²) in [5, 5.41) is 15.2. The molecule has 5 rings (SSSR count). The van der Waals surface area contributed by atoms with Crippen molar-refractivity contribution >= 4 is 40.2 Å². The number of nitrogens with zero attached hydrogens (tertiary/aromatic N) is 1. The summed E-state index contributed by atoms with van der Waals surface area (Å²) in [6.45, 7) is 2.75. The first kappa shape index (κ1) is 18.9. The Morgan fingerprint density at radius 1 is 1.17 bits per heavy atom. The number of rotatable bonds is 2. The number of hydrogen-bond acceptors (Lipinski definition) is 3. The van der Waals surface area contributed by atoms with Gasteiger partial charge in [-0.3, -0.25) is 4.79 Å². The fourth-order valence-electron chi connectivity index (χ4n) is 3.61. The number of hydrogen-bond donors (Lipinski definition) is 4. The van der Waals surface area contributed by atoms with Crippen LogP contribution in [-0.4, -0.2) is 40.0 Å². The lowest BCUT2D eigenvalue weighted by molar-refractivity contribution is -0.662. The van der Waals surface area contributed by atoms with Crippen LogP contribution in [0.15, 0.2) is 42.7 Å². The number of carboxylic acids is 1. The van der Waals surface area contributed by atoms with Crippen LogP contribution >= 0.6 is 0 Å². The minimum absolute atomic E-state index is 0.145. The molecule has 4 heterocycles. The molecule has 1 saturated heterocycles. The maximum atomic E-state index is 12.2. The summed E-state index contributed by atoms with van der Waals surface area (Å²) < 4.78 is 0. The van der Waals surface area contributed by atoms with Gasteiger partial charge in [0.25, 0.3) is 5.91 Å². The van der Waals surface area contributed by atoms with Gasteiger partial charge in [0.2, 0.25) is 0 Å². The SMILES string of the molecule is C1CC[NH2+]CC1.O=C1Nc2ccc(C(=O)O)cc2C1=Cc1c[nH]c2ncccc12. The van der Waals surface area contributed by atoms with Crippen LogP contribution in [-0.2, 0) is 4.79 Å². The van der Waals surface area contributed by atoms with Gasteiger partial charge in [-0.25, -0.2) is 9.78 Å². The molecule has 1 amide bonds. The topological polar surface area (TPSA) is 112 Å². The average molecular weight is 391 g/mol. The molecule has 1 aromatic carbocycles. The largest absolute Gasteiger partial charge is 0.478 e. The normalized spacial score (nSPS) is 16.8. The van der Waals surface area contributed by atoms with Gasteiger partial charge in [0.1, 0.15) is 5.65 Å². The van der Waals surface area contributed by atoms with E-state index in [0.29, 0.717) is 16.8 Å². The number of benzene rings is 1. The quantitative estimate of drug-likeness (QED) is 0.503. The molecule has 2 aliphatic heterocycles. The molecule has 148 valence electrons. The molecule has 0 saturated carbocycles. The molecule has 0 bridgehead atoms. The molecule has 0 spiro atoms. The number of nitrogens with two attached hydrogens (primary N) is 1. The minimum Gasteiger partial charge on any atom is -0.478 e. The van der Waals surface area contributed by atoms with Gasteiger partial charge in [-0.1, -0.05) is 0 Å². The molecule has 0 radical (unpaired) electrons. The van der Waals surface area contributed by atoms with Crippen LogP contribution < -0.4 is 10.6 Å². The Morgan fingerprint density at radius 3 is 2.69 bits per heavy atom. The molecule has 29 heavy (non-hydrogen) atoms. The zero-order valence-corrected chi connectivity index (χ0v) is 15.9. The van der Waals surface area contributed by atoms with Crippen LogP contribution in [0.4, 0.5) is 5.69 Å². The van der Waals surface area contributed by atoms with Crippen LogP contribution in [0.5, 0.6) is 0 Å². The van der Waals surface area contributed by atoms with Crippen molar-refractivity contribution in [3.63, 3.8) is 0 Å². The third kappa shape index (κ3) is 4.05. The zero-order chi connectivity index (χ0) is 20.2. The summed E-state index contributed by atoms with van der Waals surface area (Å²) in [4.78, 5) is 30.6. The third-order valence-corrected chi connectivity index (χ3v) is 5.15. The van der Waals surface area contributed by atoms with Crippen molar-refractivity contribution in [3.8, 4) is 0 Å². The van der Waals surface area contributed by atoms with Gasteiger partial charge in [-0.15, -0.1) is 0 Å². The molecule has 7 nitrogen and oxygen atoms in total. The van der Waals surface area contributed by atoms with Gasteiger partial charge in [-0.05, 0) is 55.7 Å². The number of H-pyrrole nitrogens is 1. The number of fused-ring (bicyclic) bond motifs is 2. The van der Waals surface area contributed by atoms with Gasteiger partial charge in [0.15, 0.2) is 0 Å². The Labute approximate surface area is 167 Å². The number of carbonyl (C=O) groups is 2. The molecule has 2 aromatic heterocycles. The Kier molecular flexibility index (Phi) is 5.39. The second-order valence-corrected chi connectivity index (χ2v) is 7.15. The third-order valence-electron chi connectivity index (χ3n) is 5.15. The van der Waals surface area contributed by atoms with Crippen LogP contribution in [0.1, 0.15) is 40.7 Å². The van der Waals surface area contributed by atoms with E-state index in [1.807, 2.05) is 12.1 Å². The molecule has 2 aliphatic rings. The summed E-state index contributed by atoms with van der Waals surface area (Å²) in [5.74, 6) is -1.27. The van der Waals surface area contributed by atoms with Crippen molar-refractivity contribution in [2.45, 2.75) is 19.3 Å². The molecular weight excluding hydrogens is 368 g/mol. The second kappa shape index (κ2) is 8.28. The summed E-state index contributed by atoms with van der Waals surface area (Å²) in [5.41, 5.74) is 3.35. The number of carbonyl (C=O) groups excluding carboxylic acids is 1. The van der Waals surface area contributed by atoms with E-state index in [1.165, 1.54) is 44.5 Å². The van der Waals surface area contributed by atoms with E-state index in [4.69, 9.17) is 5.11 Å². The highest BCUT2D eigenvalue weighted by Crippen LogP contribution is 2.34. The van der Waals surface area contributed by atoms with Crippen molar-refractivity contribution < 1.29 is 20.0 Å². The maximum absolute atomic E-state index is 12.2. The van der Waals surface area contributed by atoms with Crippen molar-refractivity contribution in [3.05, 3.63) is 59.4 Å². The summed E-state index contributed by atoms with van der Waals surface area (Å²) in [6, 6.07) is 8.32. The minimum atomic E-state index is -1.03. The summed E-state index contributed by atoms with van der Waals surface area (Å²) in [6.07, 6.45) is 9.56. The van der Waals surface area contributed by atoms with Gasteiger partial charge in [-0.2, -0.15) is 0 Å². The predicted molar refractivity (Wildman–Crippen MR) is 112 cm³/mol. The lowest BCUT2D eigenvalue weighted by Gasteiger charge is -2.05. The second-order valence-electron chi connectivity index (χ2n) is 7.15. The first-order valence-corrected chi connectivity index (χ1v) is 9.78. The molecule has 5 N–H and O–H groups in total.